The van der Waals surface area contributed by atoms with Crippen molar-refractivity contribution >= 4 is 44.1 Å². The number of nitrogens with one attached hydrogen (secondary N) is 1. The van der Waals surface area contributed by atoms with Gasteiger partial charge in [-0.15, -0.1) is 11.3 Å². The number of amides is 1. The number of fused-ring (bicyclic) bond motifs is 1. The van der Waals surface area contributed by atoms with Gasteiger partial charge in [0.05, 0.1) is 5.56 Å². The van der Waals surface area contributed by atoms with Crippen LogP contribution in [0.1, 0.15) is 58.3 Å². The van der Waals surface area contributed by atoms with Gasteiger partial charge in [-0.3, -0.25) is 4.79 Å². The third-order valence-electron chi connectivity index (χ3n) is 5.04. The highest BCUT2D eigenvalue weighted by molar-refractivity contribution is 9.10. The predicted octanol–water partition coefficient (Wildman–Crippen LogP) is 5.61. The van der Waals surface area contributed by atoms with Gasteiger partial charge in [0, 0.05) is 14.9 Å². The van der Waals surface area contributed by atoms with Crippen LogP contribution in [0.25, 0.3) is 0 Å². The second kappa shape index (κ2) is 7.16. The second-order valence-corrected chi connectivity index (χ2v) is 9.80. The number of carbonyl (C=O) groups excluding carboxylic acids is 1. The summed E-state index contributed by atoms with van der Waals surface area (Å²) in [6.07, 6.45) is 2.61. The highest BCUT2D eigenvalue weighted by atomic mass is 79.9. The number of rotatable bonds is 3. The quantitative estimate of drug-likeness (QED) is 0.657. The van der Waals surface area contributed by atoms with Gasteiger partial charge in [0.25, 0.3) is 5.91 Å². The van der Waals surface area contributed by atoms with Crippen molar-refractivity contribution in [2.45, 2.75) is 40.0 Å². The van der Waals surface area contributed by atoms with Crippen molar-refractivity contribution in [1.29, 1.82) is 0 Å². The molecule has 1 aromatic heterocycles. The predicted molar refractivity (Wildman–Crippen MR) is 108 cm³/mol. The SMILES string of the molecule is CC(C)(C)C1CCc2c(sc(NC(=O)c3ccc(Br)cc3)c2C(=O)O)C1. The van der Waals surface area contributed by atoms with Crippen LogP contribution in [0.2, 0.25) is 0 Å². The molecule has 0 saturated carbocycles. The molecule has 1 atom stereocenters. The van der Waals surface area contributed by atoms with Crippen molar-refractivity contribution in [2.24, 2.45) is 11.3 Å². The van der Waals surface area contributed by atoms with Crippen molar-refractivity contribution in [3.63, 3.8) is 0 Å². The summed E-state index contributed by atoms with van der Waals surface area (Å²) in [6, 6.07) is 7.01. The first kappa shape index (κ1) is 19.1. The Kier molecular flexibility index (Phi) is 5.26. The fraction of sp³-hybridized carbons (Fsp3) is 0.400. The molecule has 0 fully saturated rings. The molecule has 1 heterocycles. The number of aromatic carboxylic acids is 1. The molecule has 1 amide bonds. The molecule has 1 aliphatic rings. The summed E-state index contributed by atoms with van der Waals surface area (Å²) in [5.74, 6) is -0.737. The van der Waals surface area contributed by atoms with E-state index in [0.29, 0.717) is 16.5 Å². The van der Waals surface area contributed by atoms with E-state index in [-0.39, 0.29) is 16.9 Å². The molecular weight excluding hydrogens is 414 g/mol. The minimum Gasteiger partial charge on any atom is -0.478 e. The van der Waals surface area contributed by atoms with Gasteiger partial charge in [0.1, 0.15) is 5.00 Å². The van der Waals surface area contributed by atoms with E-state index in [0.717, 1.165) is 34.2 Å². The van der Waals surface area contributed by atoms with E-state index in [1.165, 1.54) is 11.3 Å². The minimum absolute atomic E-state index is 0.186. The summed E-state index contributed by atoms with van der Waals surface area (Å²) in [6.45, 7) is 6.68. The molecule has 3 rings (SSSR count). The molecule has 0 spiro atoms. The lowest BCUT2D eigenvalue weighted by molar-refractivity contribution is 0.0696. The maximum Gasteiger partial charge on any atom is 0.339 e. The number of hydrogen-bond acceptors (Lipinski definition) is 3. The van der Waals surface area contributed by atoms with E-state index in [4.69, 9.17) is 0 Å². The molecule has 0 radical (unpaired) electrons. The molecule has 26 heavy (non-hydrogen) atoms. The molecular formula is C20H22BrNO3S. The molecule has 0 aliphatic heterocycles. The van der Waals surface area contributed by atoms with Crippen LogP contribution < -0.4 is 5.32 Å². The first-order valence-corrected chi connectivity index (χ1v) is 10.2. The van der Waals surface area contributed by atoms with Gasteiger partial charge in [0.15, 0.2) is 0 Å². The zero-order valence-corrected chi connectivity index (χ0v) is 17.5. The molecule has 4 nitrogen and oxygen atoms in total. The summed E-state index contributed by atoms with van der Waals surface area (Å²) in [7, 11) is 0. The number of benzene rings is 1. The highest BCUT2D eigenvalue weighted by Gasteiger charge is 2.34. The Morgan fingerprint density at radius 2 is 1.88 bits per heavy atom. The number of anilines is 1. The number of carboxylic acids is 1. The zero-order chi connectivity index (χ0) is 19.1. The number of carboxylic acid groups (broad SMARTS) is 1. The van der Waals surface area contributed by atoms with Crippen LogP contribution in [0.3, 0.4) is 0 Å². The number of carbonyl (C=O) groups is 2. The van der Waals surface area contributed by atoms with Gasteiger partial charge in [0.2, 0.25) is 0 Å². The maximum atomic E-state index is 12.5. The molecule has 1 unspecified atom stereocenters. The largest absolute Gasteiger partial charge is 0.478 e. The second-order valence-electron chi connectivity index (χ2n) is 7.78. The fourth-order valence-corrected chi connectivity index (χ4v) is 4.99. The molecule has 1 aliphatic carbocycles. The van der Waals surface area contributed by atoms with Crippen molar-refractivity contribution in [3.05, 3.63) is 50.3 Å². The summed E-state index contributed by atoms with van der Waals surface area (Å²) < 4.78 is 0.889. The van der Waals surface area contributed by atoms with Crippen molar-refractivity contribution in [1.82, 2.24) is 0 Å². The zero-order valence-electron chi connectivity index (χ0n) is 15.1. The van der Waals surface area contributed by atoms with Gasteiger partial charge < -0.3 is 10.4 Å². The molecule has 0 saturated heterocycles. The lowest BCUT2D eigenvalue weighted by Crippen LogP contribution is -2.26. The third kappa shape index (κ3) is 3.86. The Hall–Kier alpha value is -1.66. The standard InChI is InChI=1S/C20H22BrNO3S/c1-20(2,3)12-6-9-14-15(10-12)26-18(16(14)19(24)25)22-17(23)11-4-7-13(21)8-5-11/h4-5,7-8,12H,6,9-10H2,1-3H3,(H,22,23)(H,24,25). The number of hydrogen-bond donors (Lipinski definition) is 2. The minimum atomic E-state index is -0.970. The van der Waals surface area contributed by atoms with Gasteiger partial charge in [-0.1, -0.05) is 36.7 Å². The van der Waals surface area contributed by atoms with Crippen LogP contribution in [0.5, 0.6) is 0 Å². The van der Waals surface area contributed by atoms with E-state index in [2.05, 4.69) is 42.0 Å². The Morgan fingerprint density at radius 3 is 2.46 bits per heavy atom. The first-order valence-electron chi connectivity index (χ1n) is 8.61. The van der Waals surface area contributed by atoms with E-state index >= 15 is 0 Å². The van der Waals surface area contributed by atoms with Crippen molar-refractivity contribution in [3.8, 4) is 0 Å². The van der Waals surface area contributed by atoms with Crippen LogP contribution in [0, 0.1) is 11.3 Å². The topological polar surface area (TPSA) is 66.4 Å². The van der Waals surface area contributed by atoms with Gasteiger partial charge in [-0.05, 0) is 60.4 Å². The average Bonchev–Trinajstić information content (AvgIpc) is 2.91. The van der Waals surface area contributed by atoms with Crippen LogP contribution in [0.4, 0.5) is 5.00 Å². The van der Waals surface area contributed by atoms with Crippen LogP contribution in [0.15, 0.2) is 28.7 Å². The normalized spacial score (nSPS) is 16.8. The molecule has 2 N–H and O–H groups in total. The summed E-state index contributed by atoms with van der Waals surface area (Å²) in [4.78, 5) is 25.5. The van der Waals surface area contributed by atoms with Gasteiger partial charge in [-0.2, -0.15) is 0 Å². The molecule has 6 heteroatoms. The van der Waals surface area contributed by atoms with Crippen molar-refractivity contribution < 1.29 is 14.7 Å². The number of halogens is 1. The Labute approximate surface area is 165 Å². The van der Waals surface area contributed by atoms with Crippen LogP contribution >= 0.6 is 27.3 Å². The van der Waals surface area contributed by atoms with Crippen LogP contribution in [-0.4, -0.2) is 17.0 Å². The summed E-state index contributed by atoms with van der Waals surface area (Å²) in [5, 5.41) is 13.0. The van der Waals surface area contributed by atoms with E-state index in [1.54, 1.807) is 24.3 Å². The number of thiophene rings is 1. The summed E-state index contributed by atoms with van der Waals surface area (Å²) in [5.41, 5.74) is 1.85. The molecule has 2 aromatic rings. The van der Waals surface area contributed by atoms with Gasteiger partial charge >= 0.3 is 5.97 Å². The molecule has 0 bridgehead atoms. The molecule has 138 valence electrons. The lowest BCUT2D eigenvalue weighted by Gasteiger charge is -2.33. The lowest BCUT2D eigenvalue weighted by atomic mass is 9.72. The summed E-state index contributed by atoms with van der Waals surface area (Å²) >= 11 is 4.76. The smallest absolute Gasteiger partial charge is 0.339 e. The average molecular weight is 436 g/mol. The van der Waals surface area contributed by atoms with E-state index < -0.39 is 5.97 Å². The molecule has 1 aromatic carbocycles. The first-order chi connectivity index (χ1) is 12.2. The van der Waals surface area contributed by atoms with Crippen LogP contribution in [-0.2, 0) is 12.8 Å². The van der Waals surface area contributed by atoms with Crippen molar-refractivity contribution in [2.75, 3.05) is 5.32 Å². The Bertz CT molecular complexity index is 849. The third-order valence-corrected chi connectivity index (χ3v) is 6.74. The fourth-order valence-electron chi connectivity index (χ4n) is 3.42. The monoisotopic (exact) mass is 435 g/mol. The maximum absolute atomic E-state index is 12.5. The van der Waals surface area contributed by atoms with Gasteiger partial charge in [-0.25, -0.2) is 4.79 Å². The Balaban J connectivity index is 1.91. The van der Waals surface area contributed by atoms with E-state index in [1.807, 2.05) is 0 Å². The Morgan fingerprint density at radius 1 is 1.23 bits per heavy atom. The van der Waals surface area contributed by atoms with E-state index in [9.17, 15) is 14.7 Å². The highest BCUT2D eigenvalue weighted by Crippen LogP contribution is 2.44.